The number of fused-ring (bicyclic) bond motifs is 1. The zero-order valence-corrected chi connectivity index (χ0v) is 19.3. The minimum absolute atomic E-state index is 0.00349. The Hall–Kier alpha value is -1.09. The number of halogens is 3. The summed E-state index contributed by atoms with van der Waals surface area (Å²) < 4.78 is 35.1. The van der Waals surface area contributed by atoms with E-state index in [4.69, 9.17) is 27.9 Å². The molecule has 4 rings (SSSR count). The summed E-state index contributed by atoms with van der Waals surface area (Å²) in [5.74, 6) is 0.301. The summed E-state index contributed by atoms with van der Waals surface area (Å²) in [7, 11) is -2.48. The molecule has 154 valence electrons. The highest BCUT2D eigenvalue weighted by molar-refractivity contribution is 9.10. The number of aliphatic hydroxyl groups excluding tert-OH is 1. The molecular weight excluding hydrogens is 501 g/mol. The average Bonchev–Trinajstić information content (AvgIpc) is 3.05. The van der Waals surface area contributed by atoms with Crippen molar-refractivity contribution in [1.82, 2.24) is 4.31 Å². The van der Waals surface area contributed by atoms with Gasteiger partial charge in [-0.3, -0.25) is 0 Å². The van der Waals surface area contributed by atoms with Crippen LogP contribution in [0.1, 0.15) is 17.5 Å². The number of methoxy groups -OCH3 is 1. The van der Waals surface area contributed by atoms with Gasteiger partial charge >= 0.3 is 0 Å². The van der Waals surface area contributed by atoms with Crippen molar-refractivity contribution in [3.63, 3.8) is 0 Å². The molecule has 5 nitrogen and oxygen atoms in total. The SMILES string of the molecule is COC1=C(c2cc(Cl)cc(Cl)c2)S(=O)(=O)N2C[C@H](O)C[C@@]12Cc1ccc(Br)cc1. The van der Waals surface area contributed by atoms with Gasteiger partial charge in [0.15, 0.2) is 0 Å². The molecule has 9 heteroatoms. The van der Waals surface area contributed by atoms with E-state index in [2.05, 4.69) is 15.9 Å². The molecule has 2 aliphatic rings. The van der Waals surface area contributed by atoms with Gasteiger partial charge in [-0.1, -0.05) is 51.3 Å². The minimum atomic E-state index is -3.93. The van der Waals surface area contributed by atoms with E-state index in [-0.39, 0.29) is 17.9 Å². The molecule has 2 atom stereocenters. The van der Waals surface area contributed by atoms with E-state index in [1.165, 1.54) is 11.4 Å². The Labute approximate surface area is 188 Å². The van der Waals surface area contributed by atoms with Crippen molar-refractivity contribution in [3.05, 3.63) is 73.9 Å². The van der Waals surface area contributed by atoms with E-state index in [0.29, 0.717) is 27.8 Å². The normalized spacial score (nSPS) is 26.0. The molecule has 0 amide bonds. The number of hydrogen-bond donors (Lipinski definition) is 1. The Bertz CT molecular complexity index is 1080. The zero-order chi connectivity index (χ0) is 21.0. The van der Waals surface area contributed by atoms with Crippen molar-refractivity contribution >= 4 is 54.1 Å². The molecule has 29 heavy (non-hydrogen) atoms. The van der Waals surface area contributed by atoms with Crippen molar-refractivity contribution in [3.8, 4) is 0 Å². The largest absolute Gasteiger partial charge is 0.498 e. The highest BCUT2D eigenvalue weighted by atomic mass is 79.9. The number of nitrogens with zero attached hydrogens (tertiary/aromatic N) is 1. The van der Waals surface area contributed by atoms with Crippen molar-refractivity contribution in [1.29, 1.82) is 0 Å². The molecule has 0 bridgehead atoms. The number of rotatable bonds is 4. The smallest absolute Gasteiger partial charge is 0.248 e. The Morgan fingerprint density at radius 2 is 1.83 bits per heavy atom. The van der Waals surface area contributed by atoms with Crippen molar-refractivity contribution in [2.24, 2.45) is 0 Å². The molecule has 1 fully saturated rings. The maximum absolute atomic E-state index is 13.5. The highest BCUT2D eigenvalue weighted by Gasteiger charge is 2.61. The molecule has 1 saturated heterocycles. The Kier molecular flexibility index (Phi) is 5.51. The second-order valence-corrected chi connectivity index (χ2v) is 10.8. The lowest BCUT2D eigenvalue weighted by molar-refractivity contribution is 0.158. The van der Waals surface area contributed by atoms with Gasteiger partial charge in [-0.15, -0.1) is 0 Å². The molecule has 1 N–H and O–H groups in total. The van der Waals surface area contributed by atoms with Gasteiger partial charge in [-0.2, -0.15) is 4.31 Å². The summed E-state index contributed by atoms with van der Waals surface area (Å²) in [5.41, 5.74) is 0.297. The third-order valence-electron chi connectivity index (χ3n) is 5.34. The summed E-state index contributed by atoms with van der Waals surface area (Å²) in [6, 6.07) is 12.3. The molecule has 0 spiro atoms. The van der Waals surface area contributed by atoms with Crippen LogP contribution in [0.3, 0.4) is 0 Å². The van der Waals surface area contributed by atoms with Crippen LogP contribution < -0.4 is 0 Å². The fourth-order valence-electron chi connectivity index (χ4n) is 4.32. The second-order valence-electron chi connectivity index (χ2n) is 7.25. The van der Waals surface area contributed by atoms with Crippen molar-refractivity contribution in [2.75, 3.05) is 13.7 Å². The first kappa shape index (κ1) is 21.2. The third kappa shape index (κ3) is 3.52. The topological polar surface area (TPSA) is 66.8 Å². The van der Waals surface area contributed by atoms with E-state index in [1.807, 2.05) is 24.3 Å². The molecule has 0 radical (unpaired) electrons. The predicted molar refractivity (Wildman–Crippen MR) is 117 cm³/mol. The Morgan fingerprint density at radius 3 is 2.41 bits per heavy atom. The fourth-order valence-corrected chi connectivity index (χ4v) is 7.31. The van der Waals surface area contributed by atoms with Crippen LogP contribution in [0.2, 0.25) is 10.0 Å². The van der Waals surface area contributed by atoms with Crippen LogP contribution in [0.25, 0.3) is 4.91 Å². The molecule has 0 aromatic heterocycles. The van der Waals surface area contributed by atoms with Gasteiger partial charge in [0.25, 0.3) is 0 Å². The molecule has 2 aromatic carbocycles. The van der Waals surface area contributed by atoms with E-state index in [0.717, 1.165) is 10.0 Å². The number of sulfonamides is 1. The van der Waals surface area contributed by atoms with Crippen LogP contribution in [-0.2, 0) is 21.2 Å². The van der Waals surface area contributed by atoms with E-state index in [9.17, 15) is 13.5 Å². The highest BCUT2D eigenvalue weighted by Crippen LogP contribution is 2.52. The second kappa shape index (κ2) is 7.55. The fraction of sp³-hybridized carbons (Fsp3) is 0.300. The standard InChI is InChI=1S/C20H18BrCl2NO4S/c1-28-19-18(13-6-15(22)8-16(23)7-13)29(26,27)24-11-17(25)10-20(19,24)9-12-2-4-14(21)5-3-12/h2-8,17,25H,9-11H2,1H3/t17-,20+/m1/s1. The van der Waals surface area contributed by atoms with Crippen molar-refractivity contribution < 1.29 is 18.3 Å². The van der Waals surface area contributed by atoms with Crippen LogP contribution in [0, 0.1) is 0 Å². The molecule has 0 unspecified atom stereocenters. The number of hydrogen-bond acceptors (Lipinski definition) is 4. The maximum atomic E-state index is 13.5. The Morgan fingerprint density at radius 1 is 1.21 bits per heavy atom. The van der Waals surface area contributed by atoms with E-state index < -0.39 is 21.7 Å². The summed E-state index contributed by atoms with van der Waals surface area (Å²) in [6.45, 7) is 0.00349. The van der Waals surface area contributed by atoms with Gasteiger partial charge in [0, 0.05) is 33.0 Å². The minimum Gasteiger partial charge on any atom is -0.498 e. The average molecular weight is 519 g/mol. The summed E-state index contributed by atoms with van der Waals surface area (Å²) >= 11 is 15.7. The number of aliphatic hydroxyl groups is 1. The lowest BCUT2D eigenvalue weighted by Crippen LogP contribution is -2.45. The molecule has 0 saturated carbocycles. The molecule has 0 aliphatic carbocycles. The Balaban J connectivity index is 1.94. The number of ether oxygens (including phenoxy) is 1. The maximum Gasteiger partial charge on any atom is 0.248 e. The number of benzene rings is 2. The van der Waals surface area contributed by atoms with Crippen LogP contribution in [0.4, 0.5) is 0 Å². The van der Waals surface area contributed by atoms with Gasteiger partial charge in [-0.05, 0) is 42.3 Å². The lowest BCUT2D eigenvalue weighted by Gasteiger charge is -2.32. The summed E-state index contributed by atoms with van der Waals surface area (Å²) in [6.07, 6.45) is -0.171. The summed E-state index contributed by atoms with van der Waals surface area (Å²) in [4.78, 5) is 0.0495. The first-order valence-corrected chi connectivity index (χ1v) is 11.9. The van der Waals surface area contributed by atoms with Gasteiger partial charge in [-0.25, -0.2) is 8.42 Å². The van der Waals surface area contributed by atoms with Crippen LogP contribution in [0.15, 0.2) is 52.7 Å². The summed E-state index contributed by atoms with van der Waals surface area (Å²) in [5, 5.41) is 11.0. The third-order valence-corrected chi connectivity index (χ3v) is 8.32. The molecule has 2 heterocycles. The van der Waals surface area contributed by atoms with Gasteiger partial charge < -0.3 is 9.84 Å². The quantitative estimate of drug-likeness (QED) is 0.648. The van der Waals surface area contributed by atoms with Gasteiger partial charge in [0.05, 0.1) is 13.2 Å². The first-order chi connectivity index (χ1) is 13.7. The lowest BCUT2D eigenvalue weighted by atomic mass is 9.85. The van der Waals surface area contributed by atoms with E-state index >= 15 is 0 Å². The molecule has 2 aromatic rings. The van der Waals surface area contributed by atoms with Crippen molar-refractivity contribution in [2.45, 2.75) is 24.5 Å². The van der Waals surface area contributed by atoms with E-state index in [1.54, 1.807) is 18.2 Å². The van der Waals surface area contributed by atoms with Gasteiger partial charge in [0.1, 0.15) is 16.2 Å². The first-order valence-electron chi connectivity index (χ1n) is 8.88. The zero-order valence-electron chi connectivity index (χ0n) is 15.4. The predicted octanol–water partition coefficient (Wildman–Crippen LogP) is 4.46. The monoisotopic (exact) mass is 517 g/mol. The van der Waals surface area contributed by atoms with Crippen LogP contribution >= 0.6 is 39.1 Å². The molecular formula is C20H18BrCl2NO4S. The molecule has 2 aliphatic heterocycles. The number of β-amino-alcohol motifs (C(OH)–C–C–N with tert-alkyl or cyclic N) is 1. The van der Waals surface area contributed by atoms with Gasteiger partial charge in [0.2, 0.25) is 10.0 Å². The van der Waals surface area contributed by atoms with Crippen LogP contribution in [-0.4, -0.2) is 43.1 Å². The van der Waals surface area contributed by atoms with Crippen LogP contribution in [0.5, 0.6) is 0 Å².